The van der Waals surface area contributed by atoms with E-state index in [9.17, 15) is 0 Å². The molecule has 0 fully saturated rings. The van der Waals surface area contributed by atoms with Gasteiger partial charge in [-0.15, -0.1) is 0 Å². The molecule has 3 spiro atoms. The van der Waals surface area contributed by atoms with Crippen molar-refractivity contribution >= 4 is 17.1 Å². The molecule has 0 bridgehead atoms. The lowest BCUT2D eigenvalue weighted by atomic mass is 9.66. The fourth-order valence-corrected chi connectivity index (χ4v) is 15.8. The molecule has 0 atom stereocenters. The van der Waals surface area contributed by atoms with Crippen molar-refractivity contribution in [2.75, 3.05) is 4.90 Å². The van der Waals surface area contributed by atoms with Crippen molar-refractivity contribution in [2.45, 2.75) is 16.2 Å². The molecule has 0 radical (unpaired) electrons. The molecule has 362 valence electrons. The predicted molar refractivity (Wildman–Crippen MR) is 312 cm³/mol. The normalized spacial score (nSPS) is 15.2. The highest BCUT2D eigenvalue weighted by molar-refractivity contribution is 6.05. The van der Waals surface area contributed by atoms with E-state index in [1.807, 2.05) is 0 Å². The second-order valence-corrected chi connectivity index (χ2v) is 21.6. The van der Waals surface area contributed by atoms with Gasteiger partial charge in [0.2, 0.25) is 0 Å². The summed E-state index contributed by atoms with van der Waals surface area (Å²) in [6.45, 7) is 0. The van der Waals surface area contributed by atoms with Crippen LogP contribution in [0.3, 0.4) is 0 Å². The van der Waals surface area contributed by atoms with Crippen molar-refractivity contribution < 1.29 is 9.47 Å². The zero-order valence-corrected chi connectivity index (χ0v) is 42.2. The summed E-state index contributed by atoms with van der Waals surface area (Å²) in [7, 11) is 0. The topological polar surface area (TPSA) is 21.7 Å². The first kappa shape index (κ1) is 42.3. The van der Waals surface area contributed by atoms with Crippen LogP contribution in [0.4, 0.5) is 17.1 Å². The quantitative estimate of drug-likeness (QED) is 0.176. The Morgan fingerprint density at radius 2 is 0.500 bits per heavy atom. The molecule has 12 aromatic carbocycles. The van der Waals surface area contributed by atoms with E-state index in [0.717, 1.165) is 62.3 Å². The Morgan fingerprint density at radius 3 is 0.897 bits per heavy atom. The first-order valence-electron chi connectivity index (χ1n) is 27.2. The third kappa shape index (κ3) is 4.93. The molecule has 2 aliphatic heterocycles. The standard InChI is InChI=1S/C75H45NO2/c1-6-26-53-47(21-1)48-22-2-7-27-54(48)73(53)56-29-9-4-24-51(56)71-62(73)35-19-37-65(71)76(46-43-44-50-49-23-3-8-28-55(49)75(64(50)45-46)60-33-13-17-41-69(60)78-70-42-18-14-34-61(70)75)66-38-20-36-63-72(66)52-25-5-10-30-57(52)74(63)58-31-11-15-39-67(58)77-68-40-16-12-32-59(68)74/h1-45H. The first-order chi connectivity index (χ1) is 38.7. The minimum Gasteiger partial charge on any atom is -0.457 e. The van der Waals surface area contributed by atoms with Crippen LogP contribution in [0, 0.1) is 0 Å². The van der Waals surface area contributed by atoms with Crippen molar-refractivity contribution in [1.29, 1.82) is 0 Å². The predicted octanol–water partition coefficient (Wildman–Crippen LogP) is 18.4. The fraction of sp³-hybridized carbons (Fsp3) is 0.0400. The zero-order chi connectivity index (χ0) is 50.9. The van der Waals surface area contributed by atoms with Crippen LogP contribution in [0.1, 0.15) is 66.8 Å². The molecule has 6 aliphatic rings. The van der Waals surface area contributed by atoms with Gasteiger partial charge in [0, 0.05) is 39.1 Å². The average Bonchev–Trinajstić information content (AvgIpc) is 3.12. The lowest BCUT2D eigenvalue weighted by Crippen LogP contribution is -2.32. The van der Waals surface area contributed by atoms with Crippen molar-refractivity contribution in [3.05, 3.63) is 340 Å². The summed E-state index contributed by atoms with van der Waals surface area (Å²) in [6, 6.07) is 102. The molecule has 0 aromatic heterocycles. The smallest absolute Gasteiger partial charge is 0.132 e. The van der Waals surface area contributed by atoms with Crippen LogP contribution >= 0.6 is 0 Å². The number of anilines is 3. The highest BCUT2D eigenvalue weighted by Crippen LogP contribution is 2.69. The Morgan fingerprint density at radius 1 is 0.218 bits per heavy atom. The van der Waals surface area contributed by atoms with E-state index in [2.05, 4.69) is 278 Å². The SMILES string of the molecule is c1ccc2c(c1)Oc1ccccc1C21c2ccccc2-c2ccc(N(c3cccc4c3-c3ccccc3C43c4ccccc4Oc4ccccc43)c3cccc4c3-c3ccccc3C43c4ccccc4-c4ccccc43)cc21. The Kier molecular flexibility index (Phi) is 8.20. The van der Waals surface area contributed by atoms with Gasteiger partial charge in [0.1, 0.15) is 23.0 Å². The molecule has 2 heterocycles. The van der Waals surface area contributed by atoms with Gasteiger partial charge in [0.15, 0.2) is 0 Å². The third-order valence-corrected chi connectivity index (χ3v) is 18.4. The largest absolute Gasteiger partial charge is 0.457 e. The van der Waals surface area contributed by atoms with Gasteiger partial charge in [-0.3, -0.25) is 0 Å². The number of hydrogen-bond acceptors (Lipinski definition) is 3. The minimum atomic E-state index is -0.670. The van der Waals surface area contributed by atoms with Gasteiger partial charge in [0.25, 0.3) is 0 Å². The second kappa shape index (κ2) is 15.1. The Hall–Kier alpha value is -9.96. The number of ether oxygens (including phenoxy) is 2. The second-order valence-electron chi connectivity index (χ2n) is 21.6. The van der Waals surface area contributed by atoms with Gasteiger partial charge in [-0.2, -0.15) is 0 Å². The molecular formula is C75H45NO2. The van der Waals surface area contributed by atoms with Crippen molar-refractivity contribution in [3.63, 3.8) is 0 Å². The van der Waals surface area contributed by atoms with E-state index in [1.165, 1.54) is 89.0 Å². The molecule has 0 unspecified atom stereocenters. The Balaban J connectivity index is 0.982. The number of benzene rings is 12. The van der Waals surface area contributed by atoms with Crippen molar-refractivity contribution in [1.82, 2.24) is 0 Å². The van der Waals surface area contributed by atoms with Crippen molar-refractivity contribution in [2.24, 2.45) is 0 Å². The molecule has 0 saturated carbocycles. The van der Waals surface area contributed by atoms with Crippen LogP contribution in [0.15, 0.2) is 273 Å². The van der Waals surface area contributed by atoms with Crippen LogP contribution < -0.4 is 14.4 Å². The summed E-state index contributed by atoms with van der Waals surface area (Å²) in [4.78, 5) is 2.63. The van der Waals surface area contributed by atoms with Gasteiger partial charge in [-0.05, 0) is 126 Å². The summed E-state index contributed by atoms with van der Waals surface area (Å²) >= 11 is 0. The molecule has 3 nitrogen and oxygen atoms in total. The maximum atomic E-state index is 6.86. The molecule has 3 heteroatoms. The highest BCUT2D eigenvalue weighted by atomic mass is 16.5. The number of rotatable bonds is 3. The molecule has 0 N–H and O–H groups in total. The van der Waals surface area contributed by atoms with Gasteiger partial charge in [-0.25, -0.2) is 0 Å². The molecule has 0 amide bonds. The minimum absolute atomic E-state index is 0.537. The van der Waals surface area contributed by atoms with E-state index in [0.29, 0.717) is 0 Å². The molecule has 4 aliphatic carbocycles. The maximum Gasteiger partial charge on any atom is 0.132 e. The number of hydrogen-bond donors (Lipinski definition) is 0. The summed E-state index contributed by atoms with van der Waals surface area (Å²) in [5.74, 6) is 3.50. The summed E-state index contributed by atoms with van der Waals surface area (Å²) in [5, 5.41) is 0. The van der Waals surface area contributed by atoms with E-state index >= 15 is 0 Å². The zero-order valence-electron chi connectivity index (χ0n) is 42.2. The fourth-order valence-electron chi connectivity index (χ4n) is 15.8. The highest BCUT2D eigenvalue weighted by Gasteiger charge is 2.56. The van der Waals surface area contributed by atoms with E-state index in [4.69, 9.17) is 9.47 Å². The Bertz CT molecular complexity index is 4480. The molecule has 78 heavy (non-hydrogen) atoms. The maximum absolute atomic E-state index is 6.86. The third-order valence-electron chi connectivity index (χ3n) is 18.4. The molecule has 12 aromatic rings. The van der Waals surface area contributed by atoms with E-state index in [1.54, 1.807) is 0 Å². The van der Waals surface area contributed by atoms with Gasteiger partial charge < -0.3 is 14.4 Å². The molecular weight excluding hydrogens is 947 g/mol. The lowest BCUT2D eigenvalue weighted by Gasteiger charge is -2.40. The average molecular weight is 992 g/mol. The molecule has 0 saturated heterocycles. The number of fused-ring (bicyclic) bond motifs is 28. The van der Waals surface area contributed by atoms with Crippen LogP contribution in [0.2, 0.25) is 0 Å². The van der Waals surface area contributed by atoms with E-state index in [-0.39, 0.29) is 0 Å². The lowest BCUT2D eigenvalue weighted by molar-refractivity contribution is 0.436. The summed E-state index contributed by atoms with van der Waals surface area (Å²) < 4.78 is 13.7. The number of nitrogens with zero attached hydrogens (tertiary/aromatic N) is 1. The first-order valence-corrected chi connectivity index (χ1v) is 27.2. The van der Waals surface area contributed by atoms with Crippen LogP contribution in [0.25, 0.3) is 44.5 Å². The van der Waals surface area contributed by atoms with Crippen molar-refractivity contribution in [3.8, 4) is 67.5 Å². The number of para-hydroxylation sites is 4. The van der Waals surface area contributed by atoms with Gasteiger partial charge in [0.05, 0.1) is 27.6 Å². The monoisotopic (exact) mass is 991 g/mol. The van der Waals surface area contributed by atoms with Crippen LogP contribution in [-0.4, -0.2) is 0 Å². The van der Waals surface area contributed by atoms with Gasteiger partial charge in [-0.1, -0.05) is 224 Å². The van der Waals surface area contributed by atoms with Crippen LogP contribution in [-0.2, 0) is 16.2 Å². The molecule has 18 rings (SSSR count). The van der Waals surface area contributed by atoms with E-state index < -0.39 is 16.2 Å². The Labute approximate surface area is 452 Å². The van der Waals surface area contributed by atoms with Gasteiger partial charge >= 0.3 is 0 Å². The summed E-state index contributed by atoms with van der Waals surface area (Å²) in [5.41, 5.74) is 26.1. The van der Waals surface area contributed by atoms with Crippen LogP contribution in [0.5, 0.6) is 23.0 Å². The summed E-state index contributed by atoms with van der Waals surface area (Å²) in [6.07, 6.45) is 0.